The standard InChI is InChI=1S/C24H14BrClN4OS/c25-16-10-19-22(27-11-16)30-23(31)21(32-24(30)28-19)9-15-13-29(20-4-2-1-3-18(15)20)12-14-5-7-17(26)8-6-14/h1-11,13H,12H2/b21-9-. The van der Waals surface area contributed by atoms with E-state index in [0.29, 0.717) is 27.2 Å². The van der Waals surface area contributed by atoms with E-state index in [9.17, 15) is 4.79 Å². The lowest BCUT2D eigenvalue weighted by Crippen LogP contribution is -2.22. The fourth-order valence-corrected chi connectivity index (χ4v) is 5.37. The monoisotopic (exact) mass is 520 g/mol. The number of halogens is 2. The molecule has 4 heterocycles. The third kappa shape index (κ3) is 3.24. The van der Waals surface area contributed by atoms with Gasteiger partial charge in [-0.25, -0.2) is 14.4 Å². The smallest absolute Gasteiger partial charge is 0.276 e. The van der Waals surface area contributed by atoms with E-state index in [0.717, 1.165) is 31.5 Å². The van der Waals surface area contributed by atoms with Gasteiger partial charge in [0.25, 0.3) is 5.56 Å². The predicted octanol–water partition coefficient (Wildman–Crippen LogP) is 5.27. The van der Waals surface area contributed by atoms with Crippen molar-refractivity contribution in [2.75, 3.05) is 0 Å². The Labute approximate surface area is 199 Å². The Bertz CT molecular complexity index is 1750. The van der Waals surface area contributed by atoms with Gasteiger partial charge in [0.2, 0.25) is 0 Å². The number of rotatable bonds is 3. The van der Waals surface area contributed by atoms with Gasteiger partial charge in [0.05, 0.1) is 4.53 Å². The minimum atomic E-state index is -0.100. The molecule has 8 heteroatoms. The average molecular weight is 522 g/mol. The van der Waals surface area contributed by atoms with Crippen molar-refractivity contribution in [3.05, 3.63) is 102 Å². The molecule has 0 fully saturated rings. The Balaban J connectivity index is 1.51. The Kier molecular flexibility index (Phi) is 4.64. The fraction of sp³-hybridized carbons (Fsp3) is 0.0417. The summed E-state index contributed by atoms with van der Waals surface area (Å²) >= 11 is 10.8. The van der Waals surface area contributed by atoms with Gasteiger partial charge in [0, 0.05) is 44.9 Å². The molecule has 0 N–H and O–H groups in total. The van der Waals surface area contributed by atoms with E-state index >= 15 is 0 Å². The topological polar surface area (TPSA) is 52.2 Å². The van der Waals surface area contributed by atoms with Gasteiger partial charge in [-0.2, -0.15) is 0 Å². The molecule has 6 rings (SSSR count). The van der Waals surface area contributed by atoms with Crippen molar-refractivity contribution in [3.63, 3.8) is 0 Å². The largest absolute Gasteiger partial charge is 0.342 e. The van der Waals surface area contributed by atoms with E-state index in [4.69, 9.17) is 11.6 Å². The first-order chi connectivity index (χ1) is 15.6. The van der Waals surface area contributed by atoms with Crippen molar-refractivity contribution >= 4 is 72.0 Å². The SMILES string of the molecule is O=c1/c(=C/c2cn(Cc3ccc(Cl)cc3)c3ccccc23)sc2nc3cc(Br)cnc3n12. The molecule has 32 heavy (non-hydrogen) atoms. The Morgan fingerprint density at radius 1 is 1.12 bits per heavy atom. The number of benzene rings is 2. The number of nitrogens with zero attached hydrogens (tertiary/aromatic N) is 4. The Morgan fingerprint density at radius 3 is 2.78 bits per heavy atom. The van der Waals surface area contributed by atoms with Crippen LogP contribution in [-0.2, 0) is 6.54 Å². The highest BCUT2D eigenvalue weighted by atomic mass is 79.9. The zero-order valence-electron chi connectivity index (χ0n) is 16.5. The van der Waals surface area contributed by atoms with Crippen LogP contribution >= 0.6 is 38.9 Å². The van der Waals surface area contributed by atoms with Crippen molar-refractivity contribution in [2.24, 2.45) is 0 Å². The van der Waals surface area contributed by atoms with Crippen LogP contribution in [0.15, 0.2) is 76.3 Å². The van der Waals surface area contributed by atoms with Crippen molar-refractivity contribution in [3.8, 4) is 0 Å². The van der Waals surface area contributed by atoms with Crippen LogP contribution < -0.4 is 10.1 Å². The maximum Gasteiger partial charge on any atom is 0.276 e. The zero-order valence-corrected chi connectivity index (χ0v) is 19.7. The number of fused-ring (bicyclic) bond motifs is 4. The van der Waals surface area contributed by atoms with Crippen LogP contribution in [0.4, 0.5) is 0 Å². The summed E-state index contributed by atoms with van der Waals surface area (Å²) in [5.41, 5.74) is 4.44. The molecule has 2 aromatic carbocycles. The summed E-state index contributed by atoms with van der Waals surface area (Å²) in [5.74, 6) is 0. The van der Waals surface area contributed by atoms with Gasteiger partial charge in [-0.3, -0.25) is 4.79 Å². The van der Waals surface area contributed by atoms with Crippen molar-refractivity contribution < 1.29 is 0 Å². The summed E-state index contributed by atoms with van der Waals surface area (Å²) in [4.78, 5) is 22.8. The minimum Gasteiger partial charge on any atom is -0.342 e. The number of imidazole rings is 1. The van der Waals surface area contributed by atoms with Crippen molar-refractivity contribution in [1.29, 1.82) is 0 Å². The van der Waals surface area contributed by atoms with Gasteiger partial charge in [-0.05, 0) is 51.8 Å². The third-order valence-corrected chi connectivity index (χ3v) is 7.07. The molecule has 0 aliphatic heterocycles. The lowest BCUT2D eigenvalue weighted by molar-refractivity contribution is 0.836. The van der Waals surface area contributed by atoms with Gasteiger partial charge in [0.15, 0.2) is 10.6 Å². The van der Waals surface area contributed by atoms with Crippen LogP contribution in [0.2, 0.25) is 5.02 Å². The van der Waals surface area contributed by atoms with E-state index in [1.807, 2.05) is 48.5 Å². The Hall–Kier alpha value is -3.00. The summed E-state index contributed by atoms with van der Waals surface area (Å²) in [7, 11) is 0. The van der Waals surface area contributed by atoms with E-state index < -0.39 is 0 Å². The quantitative estimate of drug-likeness (QED) is 0.319. The van der Waals surface area contributed by atoms with Crippen LogP contribution in [0.5, 0.6) is 0 Å². The lowest BCUT2D eigenvalue weighted by atomic mass is 10.2. The van der Waals surface area contributed by atoms with Gasteiger partial charge in [0.1, 0.15) is 5.52 Å². The lowest BCUT2D eigenvalue weighted by Gasteiger charge is -2.05. The molecule has 0 amide bonds. The Morgan fingerprint density at radius 2 is 1.94 bits per heavy atom. The van der Waals surface area contributed by atoms with Crippen LogP contribution in [0, 0.1) is 0 Å². The summed E-state index contributed by atoms with van der Waals surface area (Å²) < 4.78 is 5.25. The molecule has 0 saturated carbocycles. The number of para-hydroxylation sites is 1. The molecule has 4 aromatic heterocycles. The molecule has 0 radical (unpaired) electrons. The van der Waals surface area contributed by atoms with Crippen molar-refractivity contribution in [2.45, 2.75) is 6.54 Å². The zero-order chi connectivity index (χ0) is 21.8. The summed E-state index contributed by atoms with van der Waals surface area (Å²) in [6, 6.07) is 17.9. The second-order valence-corrected chi connectivity index (χ2v) is 9.86. The minimum absolute atomic E-state index is 0.100. The molecule has 0 spiro atoms. The second kappa shape index (κ2) is 7.55. The molecule has 0 aliphatic carbocycles. The highest BCUT2D eigenvalue weighted by Gasteiger charge is 2.14. The first-order valence-corrected chi connectivity index (χ1v) is 11.9. The van der Waals surface area contributed by atoms with Crippen LogP contribution in [0.25, 0.3) is 33.1 Å². The van der Waals surface area contributed by atoms with Gasteiger partial charge < -0.3 is 4.57 Å². The molecule has 0 aliphatic rings. The number of pyridine rings is 1. The molecule has 156 valence electrons. The third-order valence-electron chi connectivity index (χ3n) is 5.42. The van der Waals surface area contributed by atoms with Crippen LogP contribution in [-0.4, -0.2) is 18.9 Å². The molecular formula is C24H14BrClN4OS. The first kappa shape index (κ1) is 19.7. The first-order valence-electron chi connectivity index (χ1n) is 9.87. The highest BCUT2D eigenvalue weighted by molar-refractivity contribution is 9.10. The molecule has 6 aromatic rings. The fourth-order valence-electron chi connectivity index (χ4n) is 3.96. The maximum absolute atomic E-state index is 13.2. The number of hydrogen-bond acceptors (Lipinski definition) is 4. The van der Waals surface area contributed by atoms with Crippen LogP contribution in [0.1, 0.15) is 11.1 Å². The number of hydrogen-bond donors (Lipinski definition) is 0. The molecule has 0 bridgehead atoms. The average Bonchev–Trinajstić information content (AvgIpc) is 3.41. The van der Waals surface area contributed by atoms with Gasteiger partial charge in [-0.1, -0.05) is 53.3 Å². The van der Waals surface area contributed by atoms with Gasteiger partial charge >= 0.3 is 0 Å². The molecule has 0 saturated heterocycles. The molecular weight excluding hydrogens is 508 g/mol. The van der Waals surface area contributed by atoms with E-state index in [2.05, 4.69) is 48.8 Å². The number of aromatic nitrogens is 4. The number of thiazole rings is 1. The molecule has 5 nitrogen and oxygen atoms in total. The van der Waals surface area contributed by atoms with Crippen LogP contribution in [0.3, 0.4) is 0 Å². The molecule has 0 atom stereocenters. The predicted molar refractivity (Wildman–Crippen MR) is 134 cm³/mol. The van der Waals surface area contributed by atoms with E-state index in [1.54, 1.807) is 10.6 Å². The highest BCUT2D eigenvalue weighted by Crippen LogP contribution is 2.24. The second-order valence-electron chi connectivity index (χ2n) is 7.50. The summed E-state index contributed by atoms with van der Waals surface area (Å²) in [6.07, 6.45) is 5.73. The van der Waals surface area contributed by atoms with Gasteiger partial charge in [-0.15, -0.1) is 0 Å². The van der Waals surface area contributed by atoms with E-state index in [1.165, 1.54) is 11.3 Å². The maximum atomic E-state index is 13.2. The van der Waals surface area contributed by atoms with E-state index in [-0.39, 0.29) is 5.56 Å². The normalized spacial score (nSPS) is 12.5. The summed E-state index contributed by atoms with van der Waals surface area (Å²) in [5, 5.41) is 1.82. The van der Waals surface area contributed by atoms with Crippen molar-refractivity contribution in [1.82, 2.24) is 18.9 Å². The summed E-state index contributed by atoms with van der Waals surface area (Å²) in [6.45, 7) is 0.715. The molecule has 0 unspecified atom stereocenters.